The zero-order valence-corrected chi connectivity index (χ0v) is 14.2. The van der Waals surface area contributed by atoms with Gasteiger partial charge in [0.25, 0.3) is 5.91 Å². The van der Waals surface area contributed by atoms with E-state index in [1.807, 2.05) is 61.7 Å². The van der Waals surface area contributed by atoms with Gasteiger partial charge in [-0.05, 0) is 25.1 Å². The number of aromatic nitrogens is 2. The third-order valence-electron chi connectivity index (χ3n) is 4.97. The molecule has 1 aliphatic heterocycles. The number of para-hydroxylation sites is 1. The number of hydrogen-bond acceptors (Lipinski definition) is 4. The molecule has 3 aromatic rings. The SMILES string of the molecule is Cc1ccc(-c2cccc3c(N)c4c(nc23)CN(C2=CC=C2)C4=O)cn1. The average Bonchev–Trinajstić information content (AvgIpc) is 2.91. The van der Waals surface area contributed by atoms with E-state index in [0.717, 1.165) is 39.1 Å². The van der Waals surface area contributed by atoms with Crippen LogP contribution in [0.1, 0.15) is 21.7 Å². The Bertz CT molecular complexity index is 1140. The third kappa shape index (κ3) is 2.00. The predicted molar refractivity (Wildman–Crippen MR) is 101 cm³/mol. The lowest BCUT2D eigenvalue weighted by Gasteiger charge is -2.19. The van der Waals surface area contributed by atoms with Crippen molar-refractivity contribution < 1.29 is 4.79 Å². The van der Waals surface area contributed by atoms with Crippen molar-refractivity contribution in [2.75, 3.05) is 5.73 Å². The highest BCUT2D eigenvalue weighted by atomic mass is 16.2. The molecule has 0 saturated carbocycles. The summed E-state index contributed by atoms with van der Waals surface area (Å²) in [4.78, 5) is 23.8. The molecule has 0 saturated heterocycles. The second-order valence-corrected chi connectivity index (χ2v) is 6.58. The van der Waals surface area contributed by atoms with Crippen molar-refractivity contribution >= 4 is 22.5 Å². The van der Waals surface area contributed by atoms with Crippen molar-refractivity contribution in [3.05, 3.63) is 77.4 Å². The van der Waals surface area contributed by atoms with Gasteiger partial charge in [-0.15, -0.1) is 0 Å². The van der Waals surface area contributed by atoms with E-state index >= 15 is 0 Å². The summed E-state index contributed by atoms with van der Waals surface area (Å²) in [5.74, 6) is -0.0788. The number of hydrogen-bond donors (Lipinski definition) is 1. The highest BCUT2D eigenvalue weighted by molar-refractivity contribution is 6.12. The number of nitrogen functional groups attached to an aromatic ring is 1. The van der Waals surface area contributed by atoms with Gasteiger partial charge >= 0.3 is 0 Å². The number of nitrogens with two attached hydrogens (primary N) is 1. The number of nitrogens with zero attached hydrogens (tertiary/aromatic N) is 3. The van der Waals surface area contributed by atoms with Crippen LogP contribution < -0.4 is 5.73 Å². The van der Waals surface area contributed by atoms with E-state index < -0.39 is 0 Å². The van der Waals surface area contributed by atoms with Crippen LogP contribution in [-0.4, -0.2) is 20.8 Å². The third-order valence-corrected chi connectivity index (χ3v) is 4.97. The fraction of sp³-hybridized carbons (Fsp3) is 0.0952. The van der Waals surface area contributed by atoms with Crippen LogP contribution in [-0.2, 0) is 6.54 Å². The number of fused-ring (bicyclic) bond motifs is 2. The second-order valence-electron chi connectivity index (χ2n) is 6.58. The van der Waals surface area contributed by atoms with Crippen LogP contribution in [0, 0.1) is 6.92 Å². The summed E-state index contributed by atoms with van der Waals surface area (Å²) in [6, 6.07) is 9.88. The molecule has 26 heavy (non-hydrogen) atoms. The second kappa shape index (κ2) is 5.26. The normalized spacial score (nSPS) is 15.2. The number of aryl methyl sites for hydroxylation is 1. The summed E-state index contributed by atoms with van der Waals surface area (Å²) in [6.45, 7) is 2.41. The zero-order valence-electron chi connectivity index (χ0n) is 14.2. The molecule has 0 atom stereocenters. The van der Waals surface area contributed by atoms with Crippen molar-refractivity contribution in [3.63, 3.8) is 0 Å². The van der Waals surface area contributed by atoms with Crippen molar-refractivity contribution in [3.8, 4) is 11.1 Å². The lowest BCUT2D eigenvalue weighted by Crippen LogP contribution is -2.24. The monoisotopic (exact) mass is 340 g/mol. The number of amides is 1. The van der Waals surface area contributed by atoms with Gasteiger partial charge in [-0.25, -0.2) is 4.98 Å². The fourth-order valence-electron chi connectivity index (χ4n) is 3.50. The minimum Gasteiger partial charge on any atom is -0.397 e. The molecule has 5 rings (SSSR count). The summed E-state index contributed by atoms with van der Waals surface area (Å²) in [7, 11) is 0. The van der Waals surface area contributed by atoms with Gasteiger partial charge in [0.2, 0.25) is 0 Å². The molecular formula is C21H16N4O. The Morgan fingerprint density at radius 2 is 2.04 bits per heavy atom. The number of allylic oxidation sites excluding steroid dienone is 3. The van der Waals surface area contributed by atoms with E-state index in [-0.39, 0.29) is 5.91 Å². The number of rotatable bonds is 2. The van der Waals surface area contributed by atoms with Crippen LogP contribution in [0.5, 0.6) is 0 Å². The van der Waals surface area contributed by atoms with E-state index in [1.54, 1.807) is 4.90 Å². The zero-order chi connectivity index (χ0) is 17.8. The van der Waals surface area contributed by atoms with Crippen LogP contribution >= 0.6 is 0 Å². The van der Waals surface area contributed by atoms with Crippen molar-refractivity contribution in [1.29, 1.82) is 0 Å². The molecule has 1 amide bonds. The Morgan fingerprint density at radius 1 is 1.19 bits per heavy atom. The van der Waals surface area contributed by atoms with Crippen LogP contribution in [0.25, 0.3) is 22.0 Å². The predicted octanol–water partition coefficient (Wildman–Crippen LogP) is 3.60. The first-order chi connectivity index (χ1) is 12.6. The Morgan fingerprint density at radius 3 is 2.73 bits per heavy atom. The molecule has 0 spiro atoms. The molecule has 0 fully saturated rings. The van der Waals surface area contributed by atoms with Crippen molar-refractivity contribution in [1.82, 2.24) is 14.9 Å². The Balaban J connectivity index is 1.72. The first-order valence-electron chi connectivity index (χ1n) is 8.48. The van der Waals surface area contributed by atoms with Gasteiger partial charge in [-0.1, -0.05) is 30.3 Å². The molecule has 5 heteroatoms. The summed E-state index contributed by atoms with van der Waals surface area (Å²) >= 11 is 0. The number of carbonyl (C=O) groups is 1. The summed E-state index contributed by atoms with van der Waals surface area (Å²) < 4.78 is 0. The Hall–Kier alpha value is -3.47. The first kappa shape index (κ1) is 14.8. The standard InChI is InChI=1S/C21H16N4O/c1-12-8-9-13(10-23-12)15-6-3-7-16-19(22)18-17(24-20(15)16)11-25(21(18)26)14-4-2-5-14/h2-10H,11H2,1H3,(H2,22,24). The van der Waals surface area contributed by atoms with Gasteiger partial charge in [-0.2, -0.15) is 0 Å². The fourth-order valence-corrected chi connectivity index (χ4v) is 3.50. The summed E-state index contributed by atoms with van der Waals surface area (Å²) in [6.07, 6.45) is 7.60. The first-order valence-corrected chi connectivity index (χ1v) is 8.48. The molecule has 0 unspecified atom stereocenters. The molecule has 0 radical (unpaired) electrons. The molecule has 1 aromatic carbocycles. The quantitative estimate of drug-likeness (QED) is 0.774. The van der Waals surface area contributed by atoms with Gasteiger partial charge in [-0.3, -0.25) is 9.78 Å². The van der Waals surface area contributed by atoms with E-state index in [4.69, 9.17) is 10.7 Å². The molecule has 5 nitrogen and oxygen atoms in total. The van der Waals surface area contributed by atoms with Crippen molar-refractivity contribution in [2.24, 2.45) is 0 Å². The largest absolute Gasteiger partial charge is 0.397 e. The Kier molecular flexibility index (Phi) is 3.00. The maximum Gasteiger partial charge on any atom is 0.262 e. The van der Waals surface area contributed by atoms with Gasteiger partial charge in [0.05, 0.1) is 29.0 Å². The molecule has 1 aliphatic carbocycles. The highest BCUT2D eigenvalue weighted by Crippen LogP contribution is 2.37. The smallest absolute Gasteiger partial charge is 0.262 e. The molecule has 2 aromatic heterocycles. The highest BCUT2D eigenvalue weighted by Gasteiger charge is 2.34. The molecule has 126 valence electrons. The number of benzene rings is 1. The molecule has 2 N–H and O–H groups in total. The van der Waals surface area contributed by atoms with E-state index in [1.165, 1.54) is 0 Å². The topological polar surface area (TPSA) is 72.1 Å². The van der Waals surface area contributed by atoms with Crippen molar-refractivity contribution in [2.45, 2.75) is 13.5 Å². The van der Waals surface area contributed by atoms with Crippen LogP contribution in [0.15, 0.2) is 60.5 Å². The van der Waals surface area contributed by atoms with Gasteiger partial charge in [0, 0.05) is 34.1 Å². The van der Waals surface area contributed by atoms with E-state index in [0.29, 0.717) is 17.8 Å². The molecule has 3 heterocycles. The lowest BCUT2D eigenvalue weighted by atomic mass is 10.00. The van der Waals surface area contributed by atoms with Crippen LogP contribution in [0.2, 0.25) is 0 Å². The summed E-state index contributed by atoms with van der Waals surface area (Å²) in [5, 5.41) is 0.801. The minimum atomic E-state index is -0.0788. The van der Waals surface area contributed by atoms with Gasteiger partial charge in [0.15, 0.2) is 0 Å². The number of carbonyl (C=O) groups excluding carboxylic acids is 1. The number of anilines is 1. The van der Waals surface area contributed by atoms with Crippen LogP contribution in [0.3, 0.4) is 0 Å². The Labute approximate surface area is 150 Å². The molecular weight excluding hydrogens is 324 g/mol. The maximum atomic E-state index is 12.8. The van der Waals surface area contributed by atoms with Gasteiger partial charge in [0.1, 0.15) is 0 Å². The minimum absolute atomic E-state index is 0.0788. The number of pyridine rings is 2. The maximum absolute atomic E-state index is 12.8. The van der Waals surface area contributed by atoms with Gasteiger partial charge < -0.3 is 10.6 Å². The van der Waals surface area contributed by atoms with Crippen LogP contribution in [0.4, 0.5) is 5.69 Å². The van der Waals surface area contributed by atoms with E-state index in [2.05, 4.69) is 4.98 Å². The van der Waals surface area contributed by atoms with E-state index in [9.17, 15) is 4.79 Å². The summed E-state index contributed by atoms with van der Waals surface area (Å²) in [5.41, 5.74) is 12.8. The lowest BCUT2D eigenvalue weighted by molar-refractivity contribution is 0.0831. The molecule has 0 bridgehead atoms. The average molecular weight is 340 g/mol. The molecule has 2 aliphatic rings.